The van der Waals surface area contributed by atoms with Crippen LogP contribution in [-0.2, 0) is 0 Å². The first-order valence-corrected chi connectivity index (χ1v) is 6.46. The van der Waals surface area contributed by atoms with E-state index in [-0.39, 0.29) is 5.91 Å². The first-order valence-electron chi connectivity index (χ1n) is 6.46. The molecule has 3 aromatic rings. The predicted octanol–water partition coefficient (Wildman–Crippen LogP) is 3.80. The summed E-state index contributed by atoms with van der Waals surface area (Å²) < 4.78 is 0. The Hall–Kier alpha value is -2.68. The van der Waals surface area contributed by atoms with Gasteiger partial charge in [-0.05, 0) is 42.8 Å². The molecule has 0 saturated carbocycles. The Bertz CT molecular complexity index is 781. The van der Waals surface area contributed by atoms with E-state index in [0.717, 1.165) is 22.2 Å². The lowest BCUT2D eigenvalue weighted by Crippen LogP contribution is -2.13. The molecule has 3 nitrogen and oxygen atoms in total. The van der Waals surface area contributed by atoms with Crippen molar-refractivity contribution in [1.82, 2.24) is 4.98 Å². The Labute approximate surface area is 117 Å². The van der Waals surface area contributed by atoms with Gasteiger partial charge in [-0.25, -0.2) is 0 Å². The normalized spacial score (nSPS) is 10.4. The van der Waals surface area contributed by atoms with Gasteiger partial charge in [-0.3, -0.25) is 9.78 Å². The quantitative estimate of drug-likeness (QED) is 0.763. The second-order valence-corrected chi connectivity index (χ2v) is 4.68. The molecule has 3 heteroatoms. The van der Waals surface area contributed by atoms with Gasteiger partial charge < -0.3 is 5.32 Å². The highest BCUT2D eigenvalue weighted by Gasteiger charge is 2.08. The molecule has 1 aromatic heterocycles. The molecule has 20 heavy (non-hydrogen) atoms. The molecule has 1 heterocycles. The van der Waals surface area contributed by atoms with Crippen LogP contribution < -0.4 is 5.32 Å². The summed E-state index contributed by atoms with van der Waals surface area (Å²) in [6, 6.07) is 17.1. The summed E-state index contributed by atoms with van der Waals surface area (Å²) in [6.07, 6.45) is 1.76. The fourth-order valence-corrected chi connectivity index (χ4v) is 2.18. The highest BCUT2D eigenvalue weighted by molar-refractivity contribution is 6.06. The van der Waals surface area contributed by atoms with E-state index in [2.05, 4.69) is 10.3 Å². The van der Waals surface area contributed by atoms with Crippen molar-refractivity contribution in [3.8, 4) is 0 Å². The molecule has 0 bridgehead atoms. The van der Waals surface area contributed by atoms with Crippen molar-refractivity contribution in [1.29, 1.82) is 0 Å². The van der Waals surface area contributed by atoms with Crippen LogP contribution >= 0.6 is 0 Å². The fraction of sp³-hybridized carbons (Fsp3) is 0.0588. The molecule has 98 valence electrons. The van der Waals surface area contributed by atoms with E-state index in [4.69, 9.17) is 0 Å². The summed E-state index contributed by atoms with van der Waals surface area (Å²) in [7, 11) is 0. The smallest absolute Gasteiger partial charge is 0.255 e. The van der Waals surface area contributed by atoms with Crippen LogP contribution in [0.1, 0.15) is 15.9 Å². The Morgan fingerprint density at radius 3 is 2.75 bits per heavy atom. The lowest BCUT2D eigenvalue weighted by atomic mass is 10.1. The van der Waals surface area contributed by atoms with Gasteiger partial charge in [0, 0.05) is 22.8 Å². The van der Waals surface area contributed by atoms with Crippen molar-refractivity contribution in [3.05, 3.63) is 71.9 Å². The molecule has 0 atom stereocenters. The van der Waals surface area contributed by atoms with Gasteiger partial charge in [-0.1, -0.05) is 24.3 Å². The number of benzene rings is 2. The highest BCUT2D eigenvalue weighted by atomic mass is 16.1. The first-order chi connectivity index (χ1) is 9.74. The van der Waals surface area contributed by atoms with Crippen molar-refractivity contribution >= 4 is 22.5 Å². The van der Waals surface area contributed by atoms with Crippen molar-refractivity contribution in [2.45, 2.75) is 6.92 Å². The summed E-state index contributed by atoms with van der Waals surface area (Å²) in [6.45, 7) is 1.93. The standard InChI is InChI=1S/C17H14N2O/c1-12-5-2-3-7-15(12)17(20)19-14-8-9-16-13(11-14)6-4-10-18-16/h2-11H,1H3,(H,19,20). The second kappa shape index (κ2) is 5.13. The Balaban J connectivity index is 1.89. The predicted molar refractivity (Wildman–Crippen MR) is 80.9 cm³/mol. The second-order valence-electron chi connectivity index (χ2n) is 4.68. The molecule has 3 rings (SSSR count). The number of fused-ring (bicyclic) bond motifs is 1. The van der Waals surface area contributed by atoms with Crippen LogP contribution in [0, 0.1) is 6.92 Å². The average Bonchev–Trinajstić information content (AvgIpc) is 2.47. The van der Waals surface area contributed by atoms with Crippen molar-refractivity contribution in [2.75, 3.05) is 5.32 Å². The summed E-state index contributed by atoms with van der Waals surface area (Å²) in [4.78, 5) is 16.5. The highest BCUT2D eigenvalue weighted by Crippen LogP contribution is 2.18. The maximum absolute atomic E-state index is 12.2. The molecule has 0 saturated heterocycles. The first kappa shape index (κ1) is 12.4. The summed E-state index contributed by atoms with van der Waals surface area (Å²) >= 11 is 0. The average molecular weight is 262 g/mol. The maximum Gasteiger partial charge on any atom is 0.255 e. The van der Waals surface area contributed by atoms with E-state index in [1.54, 1.807) is 6.20 Å². The van der Waals surface area contributed by atoms with Crippen LogP contribution in [-0.4, -0.2) is 10.9 Å². The molecule has 2 aromatic carbocycles. The lowest BCUT2D eigenvalue weighted by Gasteiger charge is -2.08. The molecule has 0 aliphatic rings. The number of anilines is 1. The van der Waals surface area contributed by atoms with E-state index in [1.807, 2.05) is 61.5 Å². The third-order valence-electron chi connectivity index (χ3n) is 3.25. The number of pyridine rings is 1. The van der Waals surface area contributed by atoms with Crippen LogP contribution in [0.3, 0.4) is 0 Å². The SMILES string of the molecule is Cc1ccccc1C(=O)Nc1ccc2ncccc2c1. The number of hydrogen-bond acceptors (Lipinski definition) is 2. The van der Waals surface area contributed by atoms with E-state index in [1.165, 1.54) is 0 Å². The van der Waals surface area contributed by atoms with Gasteiger partial charge >= 0.3 is 0 Å². The molecule has 1 amide bonds. The summed E-state index contributed by atoms with van der Waals surface area (Å²) in [5.41, 5.74) is 3.35. The monoisotopic (exact) mass is 262 g/mol. The molecule has 0 radical (unpaired) electrons. The van der Waals surface area contributed by atoms with Gasteiger partial charge in [-0.2, -0.15) is 0 Å². The number of nitrogens with one attached hydrogen (secondary N) is 1. The molecular weight excluding hydrogens is 248 g/mol. The van der Waals surface area contributed by atoms with Crippen LogP contribution in [0.25, 0.3) is 10.9 Å². The van der Waals surface area contributed by atoms with E-state index >= 15 is 0 Å². The number of hydrogen-bond donors (Lipinski definition) is 1. The summed E-state index contributed by atoms with van der Waals surface area (Å²) in [5.74, 6) is -0.0914. The Morgan fingerprint density at radius 1 is 1.05 bits per heavy atom. The van der Waals surface area contributed by atoms with Crippen molar-refractivity contribution in [2.24, 2.45) is 0 Å². The van der Waals surface area contributed by atoms with Gasteiger partial charge in [0.2, 0.25) is 0 Å². The minimum atomic E-state index is -0.0914. The van der Waals surface area contributed by atoms with Crippen molar-refractivity contribution < 1.29 is 4.79 Å². The number of amides is 1. The number of aromatic nitrogens is 1. The lowest BCUT2D eigenvalue weighted by molar-refractivity contribution is 0.102. The van der Waals surface area contributed by atoms with Gasteiger partial charge in [0.25, 0.3) is 5.91 Å². The molecule has 0 aliphatic carbocycles. The minimum Gasteiger partial charge on any atom is -0.322 e. The number of rotatable bonds is 2. The van der Waals surface area contributed by atoms with Crippen LogP contribution in [0.5, 0.6) is 0 Å². The Morgan fingerprint density at radius 2 is 1.90 bits per heavy atom. The molecule has 1 N–H and O–H groups in total. The third kappa shape index (κ3) is 2.38. The van der Waals surface area contributed by atoms with E-state index in [9.17, 15) is 4.79 Å². The summed E-state index contributed by atoms with van der Waals surface area (Å²) in [5, 5.41) is 3.93. The third-order valence-corrected chi connectivity index (χ3v) is 3.25. The van der Waals surface area contributed by atoms with Gasteiger partial charge in [0.1, 0.15) is 0 Å². The largest absolute Gasteiger partial charge is 0.322 e. The molecular formula is C17H14N2O. The molecule has 0 fully saturated rings. The zero-order valence-electron chi connectivity index (χ0n) is 11.1. The van der Waals surface area contributed by atoms with E-state index < -0.39 is 0 Å². The fourth-order valence-electron chi connectivity index (χ4n) is 2.18. The molecule has 0 aliphatic heterocycles. The van der Waals surface area contributed by atoms with E-state index in [0.29, 0.717) is 5.56 Å². The zero-order chi connectivity index (χ0) is 13.9. The van der Waals surface area contributed by atoms with Crippen molar-refractivity contribution in [3.63, 3.8) is 0 Å². The Kier molecular flexibility index (Phi) is 3.17. The van der Waals surface area contributed by atoms with Crippen LogP contribution in [0.4, 0.5) is 5.69 Å². The van der Waals surface area contributed by atoms with Gasteiger partial charge in [0.05, 0.1) is 5.52 Å². The molecule has 0 unspecified atom stereocenters. The molecule has 0 spiro atoms. The maximum atomic E-state index is 12.2. The number of aryl methyl sites for hydroxylation is 1. The zero-order valence-corrected chi connectivity index (χ0v) is 11.1. The number of carbonyl (C=O) groups is 1. The van der Waals surface area contributed by atoms with Gasteiger partial charge in [-0.15, -0.1) is 0 Å². The number of carbonyl (C=O) groups excluding carboxylic acids is 1. The van der Waals surface area contributed by atoms with Gasteiger partial charge in [0.15, 0.2) is 0 Å². The number of nitrogens with zero attached hydrogens (tertiary/aromatic N) is 1. The topological polar surface area (TPSA) is 42.0 Å². The minimum absolute atomic E-state index is 0.0914. The van der Waals surface area contributed by atoms with Crippen LogP contribution in [0.15, 0.2) is 60.8 Å². The van der Waals surface area contributed by atoms with Crippen LogP contribution in [0.2, 0.25) is 0 Å².